The van der Waals surface area contributed by atoms with Crippen LogP contribution >= 0.6 is 11.3 Å². The molecule has 4 aromatic heterocycles. The van der Waals surface area contributed by atoms with Crippen LogP contribution in [0.3, 0.4) is 0 Å². The van der Waals surface area contributed by atoms with Crippen LogP contribution in [0.1, 0.15) is 24.4 Å². The molecule has 10 heteroatoms. The molecule has 0 aliphatic heterocycles. The molecule has 1 N–H and O–H groups in total. The maximum absolute atomic E-state index is 14.2. The average Bonchev–Trinajstić information content (AvgIpc) is 3.43. The van der Waals surface area contributed by atoms with E-state index in [0.717, 1.165) is 22.5 Å². The molecule has 0 unspecified atom stereocenters. The van der Waals surface area contributed by atoms with E-state index in [1.807, 2.05) is 49.4 Å². The largest absolute Gasteiger partial charge is 0.433 e. The summed E-state index contributed by atoms with van der Waals surface area (Å²) in [6.45, 7) is 1.93. The van der Waals surface area contributed by atoms with Gasteiger partial charge >= 0.3 is 6.18 Å². The highest BCUT2D eigenvalue weighted by molar-refractivity contribution is 7.16. The summed E-state index contributed by atoms with van der Waals surface area (Å²) in [5, 5.41) is 4.33. The quantitative estimate of drug-likeness (QED) is 0.248. The zero-order valence-corrected chi connectivity index (χ0v) is 21.3. The first-order valence-corrected chi connectivity index (χ1v) is 12.9. The molecule has 4 heterocycles. The SMILES string of the molecule is C[C@H](Nc1nccc2scnc12)c1cc2cccc(-c3ccnc(C(F)(F)F)c3)c2c(=O)n1-c1ccccc1. The summed E-state index contributed by atoms with van der Waals surface area (Å²) < 4.78 is 42.8. The van der Waals surface area contributed by atoms with Crippen LogP contribution in [0.5, 0.6) is 0 Å². The van der Waals surface area contributed by atoms with Crippen molar-refractivity contribution in [1.29, 1.82) is 0 Å². The molecule has 0 fully saturated rings. The van der Waals surface area contributed by atoms with Gasteiger partial charge in [-0.1, -0.05) is 36.4 Å². The molecule has 0 saturated heterocycles. The van der Waals surface area contributed by atoms with Crippen LogP contribution < -0.4 is 10.9 Å². The van der Waals surface area contributed by atoms with E-state index in [-0.39, 0.29) is 17.2 Å². The predicted molar refractivity (Wildman–Crippen MR) is 147 cm³/mol. The molecule has 194 valence electrons. The number of nitrogens with one attached hydrogen (secondary N) is 1. The van der Waals surface area contributed by atoms with Crippen LogP contribution in [0.15, 0.2) is 95.5 Å². The Kier molecular flexibility index (Phi) is 6.11. The third-order valence-electron chi connectivity index (χ3n) is 6.50. The zero-order chi connectivity index (χ0) is 27.1. The number of fused-ring (bicyclic) bond motifs is 2. The maximum Gasteiger partial charge on any atom is 0.433 e. The number of alkyl halides is 3. The Balaban J connectivity index is 1.56. The van der Waals surface area contributed by atoms with Crippen molar-refractivity contribution in [2.24, 2.45) is 0 Å². The Labute approximate surface area is 224 Å². The van der Waals surface area contributed by atoms with Gasteiger partial charge in [0.25, 0.3) is 5.56 Å². The fraction of sp³-hybridized carbons (Fsp3) is 0.103. The topological polar surface area (TPSA) is 72.7 Å². The highest BCUT2D eigenvalue weighted by atomic mass is 32.1. The molecular weight excluding hydrogens is 523 g/mol. The molecule has 39 heavy (non-hydrogen) atoms. The van der Waals surface area contributed by atoms with Gasteiger partial charge in [-0.2, -0.15) is 13.2 Å². The molecular formula is C29H20F3N5OS. The molecule has 6 rings (SSSR count). The van der Waals surface area contributed by atoms with Gasteiger partial charge in [0.15, 0.2) is 5.82 Å². The summed E-state index contributed by atoms with van der Waals surface area (Å²) in [4.78, 5) is 26.6. The minimum Gasteiger partial charge on any atom is -0.360 e. The molecule has 0 saturated carbocycles. The van der Waals surface area contributed by atoms with Crippen LogP contribution in [0.4, 0.5) is 19.0 Å². The van der Waals surface area contributed by atoms with Crippen molar-refractivity contribution >= 4 is 38.1 Å². The fourth-order valence-corrected chi connectivity index (χ4v) is 5.39. The van der Waals surface area contributed by atoms with Crippen molar-refractivity contribution in [1.82, 2.24) is 19.5 Å². The van der Waals surface area contributed by atoms with Crippen LogP contribution in [-0.4, -0.2) is 19.5 Å². The molecule has 0 radical (unpaired) electrons. The van der Waals surface area contributed by atoms with Gasteiger partial charge in [0.2, 0.25) is 0 Å². The van der Waals surface area contributed by atoms with Gasteiger partial charge in [-0.05, 0) is 59.8 Å². The first kappa shape index (κ1) is 24.7. The van der Waals surface area contributed by atoms with Crippen LogP contribution in [0.2, 0.25) is 0 Å². The summed E-state index contributed by atoms with van der Waals surface area (Å²) in [5.74, 6) is 0.596. The molecule has 0 aliphatic rings. The Morgan fingerprint density at radius 2 is 1.72 bits per heavy atom. The first-order valence-electron chi connectivity index (χ1n) is 12.0. The molecule has 2 aromatic carbocycles. The predicted octanol–water partition coefficient (Wildman–Crippen LogP) is 7.25. The number of para-hydroxylation sites is 1. The summed E-state index contributed by atoms with van der Waals surface area (Å²) in [5.41, 5.74) is 3.09. The van der Waals surface area contributed by atoms with Gasteiger partial charge < -0.3 is 5.32 Å². The normalized spacial score (nSPS) is 12.6. The lowest BCUT2D eigenvalue weighted by molar-refractivity contribution is -0.141. The monoisotopic (exact) mass is 543 g/mol. The number of benzene rings is 2. The maximum atomic E-state index is 14.2. The van der Waals surface area contributed by atoms with Crippen molar-refractivity contribution in [2.45, 2.75) is 19.1 Å². The van der Waals surface area contributed by atoms with Crippen molar-refractivity contribution < 1.29 is 13.2 Å². The van der Waals surface area contributed by atoms with Crippen LogP contribution in [0.25, 0.3) is 37.8 Å². The Morgan fingerprint density at radius 3 is 2.51 bits per heavy atom. The molecule has 1 atom stereocenters. The average molecular weight is 544 g/mol. The zero-order valence-electron chi connectivity index (χ0n) is 20.5. The number of pyridine rings is 3. The van der Waals surface area contributed by atoms with Crippen LogP contribution in [-0.2, 0) is 6.18 Å². The number of nitrogens with zero attached hydrogens (tertiary/aromatic N) is 4. The highest BCUT2D eigenvalue weighted by Crippen LogP contribution is 2.34. The number of anilines is 1. The summed E-state index contributed by atoms with van der Waals surface area (Å²) >= 11 is 1.51. The number of hydrogen-bond acceptors (Lipinski definition) is 6. The molecule has 6 nitrogen and oxygen atoms in total. The lowest BCUT2D eigenvalue weighted by atomic mass is 9.98. The molecule has 6 aromatic rings. The van der Waals surface area contributed by atoms with Gasteiger partial charge in [-0.25, -0.2) is 9.97 Å². The summed E-state index contributed by atoms with van der Waals surface area (Å²) in [7, 11) is 0. The van der Waals surface area contributed by atoms with Gasteiger partial charge in [0.05, 0.1) is 21.6 Å². The number of halogens is 3. The van der Waals surface area contributed by atoms with Crippen molar-refractivity contribution in [3.05, 3.63) is 112 Å². The Morgan fingerprint density at radius 1 is 0.923 bits per heavy atom. The minimum absolute atomic E-state index is 0.262. The lowest BCUT2D eigenvalue weighted by Crippen LogP contribution is -2.26. The molecule has 0 amide bonds. The number of thiazole rings is 1. The van der Waals surface area contributed by atoms with E-state index in [2.05, 4.69) is 20.3 Å². The van der Waals surface area contributed by atoms with E-state index in [4.69, 9.17) is 0 Å². The molecule has 0 aliphatic carbocycles. The van der Waals surface area contributed by atoms with E-state index < -0.39 is 11.9 Å². The van der Waals surface area contributed by atoms with E-state index >= 15 is 0 Å². The second-order valence-electron chi connectivity index (χ2n) is 8.97. The van der Waals surface area contributed by atoms with Crippen LogP contribution in [0, 0.1) is 0 Å². The standard InChI is InChI=1S/C29H20F3N5OS/c1-17(36-27-26-23(11-13-34-27)39-16-35-26)22-14-19-6-5-9-21(18-10-12-33-24(15-18)29(30,31)32)25(19)28(38)37(22)20-7-3-2-4-8-20/h2-17H,1H3,(H,34,36)/t17-/m0/s1. The van der Waals surface area contributed by atoms with Crippen molar-refractivity contribution in [2.75, 3.05) is 5.32 Å². The molecule has 0 spiro atoms. The Hall–Kier alpha value is -4.57. The van der Waals surface area contributed by atoms with Crippen molar-refractivity contribution in [3.63, 3.8) is 0 Å². The summed E-state index contributed by atoms with van der Waals surface area (Å²) in [6, 6.07) is 20.2. The lowest BCUT2D eigenvalue weighted by Gasteiger charge is -2.22. The van der Waals surface area contributed by atoms with Gasteiger partial charge in [-0.3, -0.25) is 14.3 Å². The summed E-state index contributed by atoms with van der Waals surface area (Å²) in [6.07, 6.45) is -1.79. The highest BCUT2D eigenvalue weighted by Gasteiger charge is 2.32. The third kappa shape index (κ3) is 4.52. The van der Waals surface area contributed by atoms with E-state index in [1.165, 1.54) is 17.4 Å². The molecule has 0 bridgehead atoms. The van der Waals surface area contributed by atoms with E-state index in [0.29, 0.717) is 33.5 Å². The number of aromatic nitrogens is 4. The van der Waals surface area contributed by atoms with Crippen molar-refractivity contribution in [3.8, 4) is 16.8 Å². The van der Waals surface area contributed by atoms with E-state index in [1.54, 1.807) is 34.5 Å². The van der Waals surface area contributed by atoms with Gasteiger partial charge in [-0.15, -0.1) is 11.3 Å². The second-order valence-corrected chi connectivity index (χ2v) is 9.85. The number of hydrogen-bond donors (Lipinski definition) is 1. The smallest absolute Gasteiger partial charge is 0.360 e. The second kappa shape index (κ2) is 9.63. The fourth-order valence-electron chi connectivity index (χ4n) is 4.71. The Bertz CT molecular complexity index is 1880. The van der Waals surface area contributed by atoms with E-state index in [9.17, 15) is 18.0 Å². The van der Waals surface area contributed by atoms with Gasteiger partial charge in [0.1, 0.15) is 11.2 Å². The number of rotatable bonds is 5. The first-order chi connectivity index (χ1) is 18.8. The minimum atomic E-state index is -4.60. The third-order valence-corrected chi connectivity index (χ3v) is 7.29. The van der Waals surface area contributed by atoms with Gasteiger partial charge in [0, 0.05) is 23.8 Å².